The minimum absolute atomic E-state index is 0.231. The zero-order chi connectivity index (χ0) is 25.7. The van der Waals surface area contributed by atoms with Crippen molar-refractivity contribution < 1.29 is 19.1 Å². The molecule has 1 fully saturated rings. The molecule has 188 valence electrons. The summed E-state index contributed by atoms with van der Waals surface area (Å²) >= 11 is 0. The molecule has 2 N–H and O–H groups in total. The van der Waals surface area contributed by atoms with E-state index in [1.807, 2.05) is 38.1 Å². The van der Waals surface area contributed by atoms with E-state index in [0.29, 0.717) is 42.5 Å². The molecule has 3 heterocycles. The van der Waals surface area contributed by atoms with E-state index in [1.54, 1.807) is 30.0 Å². The number of urea groups is 1. The van der Waals surface area contributed by atoms with E-state index < -0.39 is 24.4 Å². The largest absolute Gasteiger partial charge is 0.455 e. The second-order valence-corrected chi connectivity index (χ2v) is 8.77. The molecule has 3 amide bonds. The van der Waals surface area contributed by atoms with Crippen LogP contribution >= 0.6 is 0 Å². The van der Waals surface area contributed by atoms with Gasteiger partial charge in [-0.05, 0) is 51.8 Å². The summed E-state index contributed by atoms with van der Waals surface area (Å²) in [5.41, 5.74) is 2.90. The number of carbonyl (C=O) groups is 3. The molecule has 1 unspecified atom stereocenters. The number of esters is 1. The molecule has 36 heavy (non-hydrogen) atoms. The summed E-state index contributed by atoms with van der Waals surface area (Å²) in [6.45, 7) is 5.82. The Hall–Kier alpha value is -4.28. The molecule has 0 saturated carbocycles. The lowest BCUT2D eigenvalue weighted by molar-refractivity contribution is -0.152. The number of likely N-dealkylation sites (tertiary alicyclic amines) is 1. The molecule has 1 aliphatic heterocycles. The van der Waals surface area contributed by atoms with Crippen molar-refractivity contribution in [2.75, 3.05) is 30.3 Å². The highest BCUT2D eigenvalue weighted by Crippen LogP contribution is 2.20. The van der Waals surface area contributed by atoms with Crippen molar-refractivity contribution >= 4 is 29.4 Å². The number of ether oxygens (including phenoxy) is 1. The molecule has 0 spiro atoms. The molecule has 1 saturated heterocycles. The SMILES string of the molecule is Cc1cc(C)nc(-n2nc(C)cc2NC(=O)COC(=O)C2CCCN(C(=O)Nc3ccccc3)C2)n1. The molecular formula is C25H29N7O4. The quantitative estimate of drug-likeness (QED) is 0.507. The predicted molar refractivity (Wildman–Crippen MR) is 133 cm³/mol. The maximum atomic E-state index is 12.7. The molecule has 0 bridgehead atoms. The van der Waals surface area contributed by atoms with Gasteiger partial charge in [0.25, 0.3) is 11.9 Å². The maximum absolute atomic E-state index is 12.7. The van der Waals surface area contributed by atoms with Crippen molar-refractivity contribution in [2.24, 2.45) is 5.92 Å². The number of rotatable bonds is 6. The fourth-order valence-electron chi connectivity index (χ4n) is 4.05. The molecule has 3 aromatic rings. The third kappa shape index (κ3) is 6.23. The summed E-state index contributed by atoms with van der Waals surface area (Å²) < 4.78 is 6.73. The Bertz CT molecular complexity index is 1240. The van der Waals surface area contributed by atoms with Gasteiger partial charge >= 0.3 is 12.0 Å². The van der Waals surface area contributed by atoms with Gasteiger partial charge < -0.3 is 20.3 Å². The van der Waals surface area contributed by atoms with E-state index in [0.717, 1.165) is 11.4 Å². The molecule has 1 atom stereocenters. The number of nitrogens with one attached hydrogen (secondary N) is 2. The Morgan fingerprint density at radius 2 is 1.72 bits per heavy atom. The summed E-state index contributed by atoms with van der Waals surface area (Å²) in [6, 6.07) is 12.4. The highest BCUT2D eigenvalue weighted by atomic mass is 16.5. The summed E-state index contributed by atoms with van der Waals surface area (Å²) in [4.78, 5) is 48.1. The second kappa shape index (κ2) is 11.0. The number of anilines is 2. The lowest BCUT2D eigenvalue weighted by Crippen LogP contribution is -2.45. The first-order valence-corrected chi connectivity index (χ1v) is 11.8. The van der Waals surface area contributed by atoms with Gasteiger partial charge in [0, 0.05) is 36.2 Å². The fraction of sp³-hybridized carbons (Fsp3) is 0.360. The number of nitrogens with zero attached hydrogens (tertiary/aromatic N) is 5. The number of hydrogen-bond donors (Lipinski definition) is 2. The van der Waals surface area contributed by atoms with Crippen LogP contribution in [0.3, 0.4) is 0 Å². The van der Waals surface area contributed by atoms with Crippen molar-refractivity contribution in [2.45, 2.75) is 33.6 Å². The molecule has 1 aromatic carbocycles. The average Bonchev–Trinajstić information content (AvgIpc) is 3.22. The van der Waals surface area contributed by atoms with E-state index >= 15 is 0 Å². The minimum Gasteiger partial charge on any atom is -0.455 e. The van der Waals surface area contributed by atoms with Crippen LogP contribution in [0.1, 0.15) is 29.9 Å². The van der Waals surface area contributed by atoms with E-state index in [2.05, 4.69) is 25.7 Å². The first-order valence-electron chi connectivity index (χ1n) is 11.8. The van der Waals surface area contributed by atoms with Gasteiger partial charge in [-0.1, -0.05) is 18.2 Å². The Labute approximate surface area is 208 Å². The van der Waals surface area contributed by atoms with E-state index in [-0.39, 0.29) is 12.6 Å². The Morgan fingerprint density at radius 1 is 1.00 bits per heavy atom. The van der Waals surface area contributed by atoms with Gasteiger partial charge in [-0.3, -0.25) is 9.59 Å². The molecule has 1 aliphatic rings. The van der Waals surface area contributed by atoms with Crippen molar-refractivity contribution in [3.63, 3.8) is 0 Å². The highest BCUT2D eigenvalue weighted by Gasteiger charge is 2.30. The van der Waals surface area contributed by atoms with Crippen LogP contribution in [0.4, 0.5) is 16.3 Å². The Balaban J connectivity index is 1.31. The molecular weight excluding hydrogens is 462 g/mol. The number of carbonyl (C=O) groups excluding carboxylic acids is 3. The normalized spacial score (nSPS) is 15.3. The van der Waals surface area contributed by atoms with Crippen molar-refractivity contribution in [3.8, 4) is 5.95 Å². The predicted octanol–water partition coefficient (Wildman–Crippen LogP) is 3.01. The summed E-state index contributed by atoms with van der Waals surface area (Å²) in [5, 5.41) is 9.91. The standard InChI is InChI=1S/C25H29N7O4/c1-16-12-17(2)27-24(26-16)32-21(13-18(3)30-32)29-22(33)15-36-23(34)19-8-7-11-31(14-19)25(35)28-20-9-5-4-6-10-20/h4-6,9-10,12-13,19H,7-8,11,14-15H2,1-3H3,(H,28,35)(H,29,33). The number of piperidine rings is 1. The second-order valence-electron chi connectivity index (χ2n) is 8.77. The van der Waals surface area contributed by atoms with Crippen LogP contribution in [-0.2, 0) is 14.3 Å². The molecule has 4 rings (SSSR count). The summed E-state index contributed by atoms with van der Waals surface area (Å²) in [6.07, 6.45) is 1.26. The van der Waals surface area contributed by atoms with Crippen molar-refractivity contribution in [1.82, 2.24) is 24.6 Å². The molecule has 0 radical (unpaired) electrons. The van der Waals surface area contributed by atoms with Gasteiger partial charge in [-0.15, -0.1) is 0 Å². The third-order valence-corrected chi connectivity index (χ3v) is 5.67. The van der Waals surface area contributed by atoms with Crippen LogP contribution in [0.2, 0.25) is 0 Å². The topological polar surface area (TPSA) is 131 Å². The first-order chi connectivity index (χ1) is 17.3. The zero-order valence-corrected chi connectivity index (χ0v) is 20.5. The zero-order valence-electron chi connectivity index (χ0n) is 20.5. The van der Waals surface area contributed by atoms with E-state index in [1.165, 1.54) is 4.68 Å². The Morgan fingerprint density at radius 3 is 2.44 bits per heavy atom. The highest BCUT2D eigenvalue weighted by molar-refractivity contribution is 5.93. The minimum atomic E-state index is -0.511. The summed E-state index contributed by atoms with van der Waals surface area (Å²) in [5.74, 6) is -0.804. The number of para-hydroxylation sites is 1. The van der Waals surface area contributed by atoms with Gasteiger partial charge in [0.15, 0.2) is 6.61 Å². The van der Waals surface area contributed by atoms with Crippen LogP contribution in [0.15, 0.2) is 42.5 Å². The van der Waals surface area contributed by atoms with Crippen LogP contribution in [-0.4, -0.2) is 62.3 Å². The average molecular weight is 492 g/mol. The fourth-order valence-corrected chi connectivity index (χ4v) is 4.05. The third-order valence-electron chi connectivity index (χ3n) is 5.67. The lowest BCUT2D eigenvalue weighted by atomic mass is 9.98. The molecule has 2 aromatic heterocycles. The molecule has 11 nitrogen and oxygen atoms in total. The summed E-state index contributed by atoms with van der Waals surface area (Å²) in [7, 11) is 0. The number of aromatic nitrogens is 4. The number of benzene rings is 1. The number of aryl methyl sites for hydroxylation is 3. The van der Waals surface area contributed by atoms with Gasteiger partial charge in [0.2, 0.25) is 0 Å². The van der Waals surface area contributed by atoms with E-state index in [4.69, 9.17) is 4.74 Å². The smallest absolute Gasteiger partial charge is 0.321 e. The van der Waals surface area contributed by atoms with Crippen LogP contribution in [0.5, 0.6) is 0 Å². The van der Waals surface area contributed by atoms with Crippen LogP contribution in [0, 0.1) is 26.7 Å². The van der Waals surface area contributed by atoms with E-state index in [9.17, 15) is 14.4 Å². The Kier molecular flexibility index (Phi) is 7.57. The lowest BCUT2D eigenvalue weighted by Gasteiger charge is -2.31. The van der Waals surface area contributed by atoms with Crippen LogP contribution in [0.25, 0.3) is 5.95 Å². The van der Waals surface area contributed by atoms with Crippen LogP contribution < -0.4 is 10.6 Å². The maximum Gasteiger partial charge on any atom is 0.321 e. The van der Waals surface area contributed by atoms with Gasteiger partial charge in [-0.2, -0.15) is 9.78 Å². The number of amides is 3. The molecule has 0 aliphatic carbocycles. The first kappa shape index (κ1) is 24.8. The monoisotopic (exact) mass is 491 g/mol. The van der Waals surface area contributed by atoms with Crippen molar-refractivity contribution in [3.05, 3.63) is 59.5 Å². The van der Waals surface area contributed by atoms with Gasteiger partial charge in [0.05, 0.1) is 11.6 Å². The van der Waals surface area contributed by atoms with Gasteiger partial charge in [-0.25, -0.2) is 14.8 Å². The number of hydrogen-bond acceptors (Lipinski definition) is 7. The van der Waals surface area contributed by atoms with Crippen molar-refractivity contribution in [1.29, 1.82) is 0 Å². The molecule has 11 heteroatoms. The van der Waals surface area contributed by atoms with Gasteiger partial charge in [0.1, 0.15) is 5.82 Å².